The average Bonchev–Trinajstić information content (AvgIpc) is 3.36. The number of halogens is 1. The van der Waals surface area contributed by atoms with E-state index in [2.05, 4.69) is 69.8 Å². The first-order valence-corrected chi connectivity index (χ1v) is 14.9. The predicted octanol–water partition coefficient (Wildman–Crippen LogP) is 8.53. The van der Waals surface area contributed by atoms with E-state index in [9.17, 15) is 9.18 Å². The van der Waals surface area contributed by atoms with Crippen LogP contribution in [0.1, 0.15) is 50.2 Å². The monoisotopic (exact) mass is 547 g/mol. The molecule has 1 aromatic heterocycles. The van der Waals surface area contributed by atoms with Crippen LogP contribution in [0.5, 0.6) is 0 Å². The summed E-state index contributed by atoms with van der Waals surface area (Å²) in [4.78, 5) is 18.3. The number of hydrogen-bond acceptors (Lipinski definition) is 2. The largest absolute Gasteiger partial charge is 0.354 e. The fraction of sp³-hybridized carbons (Fsp3) is 0.306. The number of fused-ring (bicyclic) bond motifs is 3. The van der Waals surface area contributed by atoms with E-state index in [1.807, 2.05) is 32.0 Å². The molecule has 0 atom stereocenters. The van der Waals surface area contributed by atoms with Crippen LogP contribution < -0.4 is 5.32 Å². The Morgan fingerprint density at radius 2 is 1.73 bits per heavy atom. The van der Waals surface area contributed by atoms with Gasteiger partial charge in [0.2, 0.25) is 5.91 Å². The summed E-state index contributed by atoms with van der Waals surface area (Å²) in [6, 6.07) is 28.2. The van der Waals surface area contributed by atoms with Crippen LogP contribution in [0.4, 0.5) is 10.1 Å². The van der Waals surface area contributed by atoms with Crippen LogP contribution in [-0.4, -0.2) is 35.4 Å². The van der Waals surface area contributed by atoms with Gasteiger partial charge in [-0.25, -0.2) is 4.39 Å². The first kappa shape index (κ1) is 27.2. The lowest BCUT2D eigenvalue weighted by Gasteiger charge is -2.32. The molecule has 1 aliphatic heterocycles. The van der Waals surface area contributed by atoms with Gasteiger partial charge in [-0.15, -0.1) is 0 Å². The van der Waals surface area contributed by atoms with Crippen molar-refractivity contribution in [2.75, 3.05) is 25.0 Å². The number of H-pyrrole nitrogens is 1. The molecule has 5 aromatic rings. The van der Waals surface area contributed by atoms with E-state index in [-0.39, 0.29) is 17.6 Å². The van der Waals surface area contributed by atoms with E-state index in [0.29, 0.717) is 11.5 Å². The molecular formula is C36H38FN3O. The van der Waals surface area contributed by atoms with Crippen molar-refractivity contribution in [3.05, 3.63) is 102 Å². The number of nitrogens with zero attached hydrogens (tertiary/aromatic N) is 1. The molecule has 6 rings (SSSR count). The zero-order chi connectivity index (χ0) is 28.3. The van der Waals surface area contributed by atoms with Crippen molar-refractivity contribution in [1.29, 1.82) is 0 Å². The fourth-order valence-electron chi connectivity index (χ4n) is 6.27. The number of anilines is 1. The van der Waals surface area contributed by atoms with Crippen LogP contribution in [0.15, 0.2) is 84.9 Å². The highest BCUT2D eigenvalue weighted by Gasteiger charge is 2.22. The maximum absolute atomic E-state index is 15.0. The summed E-state index contributed by atoms with van der Waals surface area (Å²) in [7, 11) is 0. The minimum Gasteiger partial charge on any atom is -0.354 e. The molecular weight excluding hydrogens is 509 g/mol. The van der Waals surface area contributed by atoms with E-state index in [0.717, 1.165) is 62.2 Å². The van der Waals surface area contributed by atoms with Gasteiger partial charge in [0, 0.05) is 27.9 Å². The van der Waals surface area contributed by atoms with E-state index in [1.165, 1.54) is 27.3 Å². The molecule has 2 heterocycles. The van der Waals surface area contributed by atoms with Crippen molar-refractivity contribution in [3.63, 3.8) is 0 Å². The van der Waals surface area contributed by atoms with E-state index < -0.39 is 0 Å². The Bertz CT molecular complexity index is 1680. The highest BCUT2D eigenvalue weighted by Crippen LogP contribution is 2.36. The Hall–Kier alpha value is -3.96. The number of hydrogen-bond donors (Lipinski definition) is 2. The maximum atomic E-state index is 15.0. The van der Waals surface area contributed by atoms with Crippen LogP contribution in [0.2, 0.25) is 0 Å². The lowest BCUT2D eigenvalue weighted by atomic mass is 9.89. The minimum absolute atomic E-state index is 0.0340. The predicted molar refractivity (Wildman–Crippen MR) is 168 cm³/mol. The van der Waals surface area contributed by atoms with E-state index in [1.54, 1.807) is 12.1 Å². The number of piperidine rings is 1. The lowest BCUT2D eigenvalue weighted by molar-refractivity contribution is -0.118. The van der Waals surface area contributed by atoms with E-state index >= 15 is 0 Å². The number of aromatic nitrogens is 1. The van der Waals surface area contributed by atoms with Gasteiger partial charge in [-0.1, -0.05) is 74.5 Å². The quantitative estimate of drug-likeness (QED) is 0.205. The zero-order valence-corrected chi connectivity index (χ0v) is 23.9. The van der Waals surface area contributed by atoms with Crippen molar-refractivity contribution >= 4 is 33.3 Å². The zero-order valence-electron chi connectivity index (χ0n) is 23.9. The Morgan fingerprint density at radius 1 is 0.951 bits per heavy atom. The van der Waals surface area contributed by atoms with Gasteiger partial charge in [0.25, 0.3) is 0 Å². The molecule has 210 valence electrons. The SMILES string of the molecule is CC(C)C(=O)Nc1cccc(C2CCN(CCCc3c(-c4ccccc4F)[nH]c4c3ccc3ccccc34)CC2)c1. The molecule has 1 amide bonds. The van der Waals surface area contributed by atoms with Crippen LogP contribution in [0, 0.1) is 11.7 Å². The molecule has 0 spiro atoms. The van der Waals surface area contributed by atoms with Crippen molar-refractivity contribution in [2.24, 2.45) is 5.92 Å². The van der Waals surface area contributed by atoms with Gasteiger partial charge in [0.05, 0.1) is 11.2 Å². The summed E-state index contributed by atoms with van der Waals surface area (Å²) in [5.74, 6) is 0.336. The normalized spacial score (nSPS) is 14.7. The Morgan fingerprint density at radius 3 is 2.54 bits per heavy atom. The highest BCUT2D eigenvalue weighted by molar-refractivity contribution is 6.08. The first-order chi connectivity index (χ1) is 20.0. The molecule has 41 heavy (non-hydrogen) atoms. The van der Waals surface area contributed by atoms with Gasteiger partial charge < -0.3 is 15.2 Å². The van der Waals surface area contributed by atoms with Gasteiger partial charge in [-0.05, 0) is 92.0 Å². The Labute approximate surface area is 241 Å². The molecule has 4 aromatic carbocycles. The van der Waals surface area contributed by atoms with Crippen molar-refractivity contribution in [3.8, 4) is 11.3 Å². The number of nitrogens with one attached hydrogen (secondary N) is 2. The Kier molecular flexibility index (Phi) is 7.89. The molecule has 2 N–H and O–H groups in total. The number of rotatable bonds is 8. The van der Waals surface area contributed by atoms with Crippen LogP contribution >= 0.6 is 0 Å². The van der Waals surface area contributed by atoms with Crippen LogP contribution in [0.3, 0.4) is 0 Å². The second-order valence-electron chi connectivity index (χ2n) is 11.7. The number of carbonyl (C=O) groups is 1. The summed E-state index contributed by atoms with van der Waals surface area (Å²) in [6.45, 7) is 6.97. The number of carbonyl (C=O) groups excluding carboxylic acids is 1. The molecule has 5 heteroatoms. The summed E-state index contributed by atoms with van der Waals surface area (Å²) < 4.78 is 15.0. The summed E-state index contributed by atoms with van der Waals surface area (Å²) in [5.41, 5.74) is 6.02. The molecule has 1 fully saturated rings. The second-order valence-corrected chi connectivity index (χ2v) is 11.7. The number of aromatic amines is 1. The molecule has 0 aliphatic carbocycles. The topological polar surface area (TPSA) is 48.1 Å². The third kappa shape index (κ3) is 5.77. The second kappa shape index (κ2) is 11.9. The average molecular weight is 548 g/mol. The molecule has 0 bridgehead atoms. The van der Waals surface area contributed by atoms with Crippen LogP contribution in [0.25, 0.3) is 32.9 Å². The minimum atomic E-state index is -0.195. The summed E-state index contributed by atoms with van der Waals surface area (Å²) >= 11 is 0. The highest BCUT2D eigenvalue weighted by atomic mass is 19.1. The van der Waals surface area contributed by atoms with Gasteiger partial charge in [0.1, 0.15) is 5.82 Å². The van der Waals surface area contributed by atoms with Crippen molar-refractivity contribution in [2.45, 2.75) is 45.4 Å². The van der Waals surface area contributed by atoms with E-state index in [4.69, 9.17) is 0 Å². The molecule has 0 saturated carbocycles. The third-order valence-corrected chi connectivity index (χ3v) is 8.59. The van der Waals surface area contributed by atoms with Gasteiger partial charge in [-0.2, -0.15) is 0 Å². The van der Waals surface area contributed by atoms with Crippen molar-refractivity contribution in [1.82, 2.24) is 9.88 Å². The van der Waals surface area contributed by atoms with Gasteiger partial charge >= 0.3 is 0 Å². The molecule has 1 saturated heterocycles. The molecule has 1 aliphatic rings. The molecule has 4 nitrogen and oxygen atoms in total. The van der Waals surface area contributed by atoms with Gasteiger partial charge in [-0.3, -0.25) is 4.79 Å². The number of amides is 1. The molecule has 0 unspecified atom stereocenters. The lowest BCUT2D eigenvalue weighted by Crippen LogP contribution is -2.33. The number of benzene rings is 4. The number of likely N-dealkylation sites (tertiary alicyclic amines) is 1. The fourth-order valence-corrected chi connectivity index (χ4v) is 6.27. The smallest absolute Gasteiger partial charge is 0.226 e. The summed E-state index contributed by atoms with van der Waals surface area (Å²) in [6.07, 6.45) is 4.13. The van der Waals surface area contributed by atoms with Crippen molar-refractivity contribution < 1.29 is 9.18 Å². The number of aryl methyl sites for hydroxylation is 1. The third-order valence-electron chi connectivity index (χ3n) is 8.59. The summed E-state index contributed by atoms with van der Waals surface area (Å²) in [5, 5.41) is 6.58. The Balaban J connectivity index is 1.14. The standard InChI is InChI=1S/C36H38FN3O/c1-24(2)36(41)38-28-11-7-10-27(23-28)25-18-21-40(22-19-25)20-8-14-30-31-17-16-26-9-3-4-12-29(26)34(31)39-35(30)32-13-5-6-15-33(32)37/h3-7,9-13,15-17,23-25,39H,8,14,18-22H2,1-2H3,(H,38,41). The first-order valence-electron chi connectivity index (χ1n) is 14.9. The maximum Gasteiger partial charge on any atom is 0.226 e. The van der Waals surface area contributed by atoms with Crippen LogP contribution in [-0.2, 0) is 11.2 Å². The molecule has 0 radical (unpaired) electrons. The van der Waals surface area contributed by atoms with Gasteiger partial charge in [0.15, 0.2) is 0 Å².